The zero-order valence-electron chi connectivity index (χ0n) is 37.8. The number of ether oxygens (including phenoxy) is 2. The molecular weight excluding hydrogens is 750 g/mol. The molecule has 0 aromatic carbocycles. The van der Waals surface area contributed by atoms with Gasteiger partial charge in [0.05, 0.1) is 13.2 Å². The maximum Gasteiger partial charge on any atom is 0.472 e. The molecule has 0 aliphatic carbocycles. The van der Waals surface area contributed by atoms with Gasteiger partial charge in [-0.1, -0.05) is 205 Å². The van der Waals surface area contributed by atoms with E-state index in [1.165, 1.54) is 161 Å². The lowest BCUT2D eigenvalue weighted by Gasteiger charge is -2.19. The van der Waals surface area contributed by atoms with Crippen LogP contribution in [0, 0.1) is 0 Å². The fourth-order valence-electron chi connectivity index (χ4n) is 6.95. The van der Waals surface area contributed by atoms with Crippen LogP contribution in [0.25, 0.3) is 0 Å². The summed E-state index contributed by atoms with van der Waals surface area (Å²) in [7, 11) is -4.38. The number of phosphoric acid groups is 1. The molecular formula is C48H92NO8P. The predicted octanol–water partition coefficient (Wildman–Crippen LogP) is 14.3. The highest BCUT2D eigenvalue weighted by Gasteiger charge is 2.26. The van der Waals surface area contributed by atoms with Crippen LogP contribution in [0.1, 0.15) is 239 Å². The summed E-state index contributed by atoms with van der Waals surface area (Å²) in [6, 6.07) is 0. The smallest absolute Gasteiger partial charge is 0.462 e. The molecule has 3 N–H and O–H groups in total. The minimum absolute atomic E-state index is 0.0506. The van der Waals surface area contributed by atoms with Gasteiger partial charge in [-0.05, 0) is 44.9 Å². The van der Waals surface area contributed by atoms with E-state index in [0.29, 0.717) is 12.8 Å². The third-order valence-electron chi connectivity index (χ3n) is 10.6. The van der Waals surface area contributed by atoms with Gasteiger partial charge in [0.1, 0.15) is 6.61 Å². The largest absolute Gasteiger partial charge is 0.472 e. The molecule has 0 rings (SSSR count). The lowest BCUT2D eigenvalue weighted by atomic mass is 10.0. The molecule has 1 unspecified atom stereocenters. The summed E-state index contributed by atoms with van der Waals surface area (Å²) in [6.45, 7) is 3.73. The van der Waals surface area contributed by atoms with Crippen molar-refractivity contribution in [3.63, 3.8) is 0 Å². The molecule has 0 aromatic rings. The average Bonchev–Trinajstić information content (AvgIpc) is 3.21. The molecule has 9 nitrogen and oxygen atoms in total. The number of phosphoric ester groups is 1. The maximum absolute atomic E-state index is 12.6. The Balaban J connectivity index is 4.07. The molecule has 0 aliphatic rings. The number of rotatable bonds is 46. The van der Waals surface area contributed by atoms with Gasteiger partial charge in [-0.2, -0.15) is 0 Å². The molecule has 342 valence electrons. The van der Waals surface area contributed by atoms with Crippen molar-refractivity contribution < 1.29 is 37.6 Å². The van der Waals surface area contributed by atoms with Crippen molar-refractivity contribution in [2.75, 3.05) is 26.4 Å². The second-order valence-electron chi connectivity index (χ2n) is 16.3. The van der Waals surface area contributed by atoms with Crippen LogP contribution in [0.5, 0.6) is 0 Å². The number of carbonyl (C=O) groups excluding carboxylic acids is 2. The second-order valence-corrected chi connectivity index (χ2v) is 17.8. The van der Waals surface area contributed by atoms with Crippen molar-refractivity contribution in [2.45, 2.75) is 245 Å². The second kappa shape index (κ2) is 45.0. The molecule has 0 heterocycles. The standard InChI is InChI=1S/C48H92NO8P/c1-3-5-7-9-11-13-15-17-19-20-21-22-23-24-25-26-27-29-30-32-34-36-38-40-47(50)54-44-46(45-56-58(52,53)55-43-42-49)57-48(51)41-39-37-35-33-31-28-18-16-14-12-10-8-6-4-2/h26-27,32,34,46H,3-25,28-31,33,35-45,49H2,1-2H3,(H,52,53)/b27-26+,34-32+/t46-/m0/s1. The van der Waals surface area contributed by atoms with Crippen LogP contribution in [0.2, 0.25) is 0 Å². The van der Waals surface area contributed by atoms with Crippen molar-refractivity contribution in [1.82, 2.24) is 0 Å². The summed E-state index contributed by atoms with van der Waals surface area (Å²) in [5.74, 6) is -0.867. The Morgan fingerprint density at radius 1 is 0.500 bits per heavy atom. The molecule has 0 amide bonds. The van der Waals surface area contributed by atoms with Crippen molar-refractivity contribution in [2.24, 2.45) is 5.73 Å². The lowest BCUT2D eigenvalue weighted by molar-refractivity contribution is -0.161. The van der Waals surface area contributed by atoms with E-state index < -0.39 is 32.5 Å². The van der Waals surface area contributed by atoms with Crippen LogP contribution in [-0.4, -0.2) is 49.3 Å². The molecule has 0 aromatic heterocycles. The van der Waals surface area contributed by atoms with Crippen molar-refractivity contribution >= 4 is 19.8 Å². The highest BCUT2D eigenvalue weighted by molar-refractivity contribution is 7.47. The highest BCUT2D eigenvalue weighted by atomic mass is 31.2. The molecule has 0 bridgehead atoms. The number of carbonyl (C=O) groups is 2. The van der Waals surface area contributed by atoms with E-state index in [9.17, 15) is 19.0 Å². The fraction of sp³-hybridized carbons (Fsp3) is 0.875. The van der Waals surface area contributed by atoms with Crippen molar-refractivity contribution in [3.8, 4) is 0 Å². The van der Waals surface area contributed by atoms with E-state index in [1.807, 2.05) is 0 Å². The lowest BCUT2D eigenvalue weighted by Crippen LogP contribution is -2.29. The zero-order valence-corrected chi connectivity index (χ0v) is 38.7. The Morgan fingerprint density at radius 2 is 0.879 bits per heavy atom. The van der Waals surface area contributed by atoms with Crippen LogP contribution < -0.4 is 5.73 Å². The summed E-state index contributed by atoms with van der Waals surface area (Å²) in [5.41, 5.74) is 5.35. The van der Waals surface area contributed by atoms with Gasteiger partial charge in [0.2, 0.25) is 0 Å². The van der Waals surface area contributed by atoms with Gasteiger partial charge in [-0.25, -0.2) is 4.57 Å². The predicted molar refractivity (Wildman–Crippen MR) is 243 cm³/mol. The van der Waals surface area contributed by atoms with E-state index in [0.717, 1.165) is 38.5 Å². The maximum atomic E-state index is 12.6. The monoisotopic (exact) mass is 842 g/mol. The van der Waals surface area contributed by atoms with E-state index in [4.69, 9.17) is 24.3 Å². The zero-order chi connectivity index (χ0) is 42.5. The van der Waals surface area contributed by atoms with Crippen LogP contribution in [0.15, 0.2) is 24.3 Å². The van der Waals surface area contributed by atoms with Gasteiger partial charge in [0.15, 0.2) is 6.10 Å². The molecule has 2 atom stereocenters. The Morgan fingerprint density at radius 3 is 1.33 bits per heavy atom. The summed E-state index contributed by atoms with van der Waals surface area (Å²) in [5, 5.41) is 0. The topological polar surface area (TPSA) is 134 Å². The van der Waals surface area contributed by atoms with Crippen molar-refractivity contribution in [3.05, 3.63) is 24.3 Å². The molecule has 0 aliphatic heterocycles. The fourth-order valence-corrected chi connectivity index (χ4v) is 7.72. The van der Waals surface area contributed by atoms with Crippen LogP contribution in [-0.2, 0) is 32.7 Å². The first-order valence-corrected chi connectivity index (χ1v) is 25.8. The van der Waals surface area contributed by atoms with Gasteiger partial charge in [0, 0.05) is 19.4 Å². The first-order valence-electron chi connectivity index (χ1n) is 24.3. The number of unbranched alkanes of at least 4 members (excludes halogenated alkanes) is 29. The highest BCUT2D eigenvalue weighted by Crippen LogP contribution is 2.43. The van der Waals surface area contributed by atoms with E-state index >= 15 is 0 Å². The van der Waals surface area contributed by atoms with E-state index in [2.05, 4.69) is 38.2 Å². The summed E-state index contributed by atoms with van der Waals surface area (Å²) in [4.78, 5) is 34.9. The van der Waals surface area contributed by atoms with Gasteiger partial charge in [-0.3, -0.25) is 18.6 Å². The minimum Gasteiger partial charge on any atom is -0.462 e. The number of hydrogen-bond donors (Lipinski definition) is 2. The van der Waals surface area contributed by atoms with Crippen LogP contribution >= 0.6 is 7.82 Å². The average molecular weight is 842 g/mol. The number of hydrogen-bond acceptors (Lipinski definition) is 8. The molecule has 0 fully saturated rings. The Labute approximate surface area is 357 Å². The SMILES string of the molecule is CCCCCCCCCCCCCCCC/C=C/CC/C=C/CCCC(=O)OC[C@@H](COP(=O)(O)OCCN)OC(=O)CCCCCCCCCCCCCCCC. The molecule has 0 saturated heterocycles. The van der Waals surface area contributed by atoms with Gasteiger partial charge < -0.3 is 20.1 Å². The van der Waals surface area contributed by atoms with Gasteiger partial charge in [0.25, 0.3) is 0 Å². The van der Waals surface area contributed by atoms with Gasteiger partial charge in [-0.15, -0.1) is 0 Å². The number of allylic oxidation sites excluding steroid dienone is 4. The Kier molecular flexibility index (Phi) is 43.9. The van der Waals surface area contributed by atoms with Gasteiger partial charge >= 0.3 is 19.8 Å². The minimum atomic E-state index is -4.38. The molecule has 58 heavy (non-hydrogen) atoms. The molecule has 0 spiro atoms. The molecule has 10 heteroatoms. The Hall–Kier alpha value is -1.51. The quantitative estimate of drug-likeness (QED) is 0.0266. The Bertz CT molecular complexity index is 1010. The number of nitrogens with two attached hydrogens (primary N) is 1. The molecule has 0 radical (unpaired) electrons. The third kappa shape index (κ3) is 44.1. The summed E-state index contributed by atoms with van der Waals surface area (Å²) < 4.78 is 32.8. The molecule has 0 saturated carbocycles. The van der Waals surface area contributed by atoms with E-state index in [-0.39, 0.29) is 32.6 Å². The number of esters is 2. The van der Waals surface area contributed by atoms with Crippen LogP contribution in [0.3, 0.4) is 0 Å². The summed E-state index contributed by atoms with van der Waals surface area (Å²) in [6.07, 6.45) is 49.4. The third-order valence-corrected chi connectivity index (χ3v) is 11.6. The normalized spacial score (nSPS) is 13.4. The van der Waals surface area contributed by atoms with E-state index in [1.54, 1.807) is 0 Å². The first kappa shape index (κ1) is 56.5. The van der Waals surface area contributed by atoms with Crippen molar-refractivity contribution in [1.29, 1.82) is 0 Å². The van der Waals surface area contributed by atoms with Crippen LogP contribution in [0.4, 0.5) is 0 Å². The summed E-state index contributed by atoms with van der Waals surface area (Å²) >= 11 is 0. The first-order chi connectivity index (χ1) is 28.3.